The standard InChI is InChI=1S/C24H19BrN2O4S/c1-2-22-26-27-24(31-22)32-21(23(28)29)13-19-18-6-4-3-5-16(18)9-12-20(19)30-14-15-7-10-17(25)11-8-15/h3-13H,2,14H2,1H3,(H,28,29)/b21-13-. The minimum absolute atomic E-state index is 0.0566. The molecule has 8 heteroatoms. The highest BCUT2D eigenvalue weighted by Crippen LogP contribution is 2.35. The van der Waals surface area contributed by atoms with Crippen molar-refractivity contribution in [2.24, 2.45) is 0 Å². The lowest BCUT2D eigenvalue weighted by atomic mass is 10.0. The Morgan fingerprint density at radius 3 is 2.62 bits per heavy atom. The summed E-state index contributed by atoms with van der Waals surface area (Å²) in [6, 6.07) is 19.4. The van der Waals surface area contributed by atoms with Gasteiger partial charge in [0.2, 0.25) is 5.89 Å². The maximum absolute atomic E-state index is 12.0. The van der Waals surface area contributed by atoms with Crippen LogP contribution >= 0.6 is 27.7 Å². The predicted octanol–water partition coefficient (Wildman–Crippen LogP) is 6.34. The minimum atomic E-state index is -1.09. The van der Waals surface area contributed by atoms with Gasteiger partial charge in [0, 0.05) is 16.5 Å². The minimum Gasteiger partial charge on any atom is -0.488 e. The number of nitrogens with zero attached hydrogens (tertiary/aromatic N) is 2. The molecule has 1 N–H and O–H groups in total. The second kappa shape index (κ2) is 10.0. The Bertz CT molecular complexity index is 1280. The molecule has 0 bridgehead atoms. The molecule has 0 aliphatic heterocycles. The summed E-state index contributed by atoms with van der Waals surface area (Å²) in [4.78, 5) is 12.1. The molecule has 0 aliphatic rings. The van der Waals surface area contributed by atoms with Gasteiger partial charge in [-0.3, -0.25) is 0 Å². The van der Waals surface area contributed by atoms with Crippen LogP contribution < -0.4 is 4.74 Å². The molecule has 0 aliphatic carbocycles. The summed E-state index contributed by atoms with van der Waals surface area (Å²) in [6.45, 7) is 2.24. The van der Waals surface area contributed by atoms with Gasteiger partial charge < -0.3 is 14.3 Å². The number of aryl methyl sites for hydroxylation is 1. The van der Waals surface area contributed by atoms with Crippen LogP contribution in [0.1, 0.15) is 23.9 Å². The molecular weight excluding hydrogens is 492 g/mol. The molecule has 0 saturated heterocycles. The number of hydrogen-bond donors (Lipinski definition) is 1. The number of carboxylic acids is 1. The highest BCUT2D eigenvalue weighted by Gasteiger charge is 2.17. The maximum atomic E-state index is 12.0. The second-order valence-corrected chi connectivity index (χ2v) is 8.75. The van der Waals surface area contributed by atoms with Gasteiger partial charge in [-0.1, -0.05) is 65.3 Å². The summed E-state index contributed by atoms with van der Waals surface area (Å²) < 4.78 is 12.6. The first-order chi connectivity index (χ1) is 15.5. The first-order valence-electron chi connectivity index (χ1n) is 9.87. The second-order valence-electron chi connectivity index (χ2n) is 6.84. The molecule has 3 aromatic carbocycles. The lowest BCUT2D eigenvalue weighted by Gasteiger charge is -2.13. The Labute approximate surface area is 197 Å². The summed E-state index contributed by atoms with van der Waals surface area (Å²) >= 11 is 4.35. The van der Waals surface area contributed by atoms with Crippen LogP contribution in [0.15, 0.2) is 79.7 Å². The van der Waals surface area contributed by atoms with E-state index in [1.165, 1.54) is 0 Å². The lowest BCUT2D eigenvalue weighted by Crippen LogP contribution is -2.00. The van der Waals surface area contributed by atoms with Crippen molar-refractivity contribution >= 4 is 50.5 Å². The zero-order valence-corrected chi connectivity index (χ0v) is 19.5. The number of halogens is 1. The molecule has 4 aromatic rings. The van der Waals surface area contributed by atoms with E-state index in [-0.39, 0.29) is 10.1 Å². The highest BCUT2D eigenvalue weighted by atomic mass is 79.9. The van der Waals surface area contributed by atoms with Gasteiger partial charge in [0.05, 0.1) is 0 Å². The Balaban J connectivity index is 1.72. The molecule has 0 unspecified atom stereocenters. The van der Waals surface area contributed by atoms with Crippen LogP contribution in [0.25, 0.3) is 16.8 Å². The fraction of sp³-hybridized carbons (Fsp3) is 0.125. The van der Waals surface area contributed by atoms with Crippen LogP contribution in [0.3, 0.4) is 0 Å². The third kappa shape index (κ3) is 5.20. The molecule has 4 rings (SSSR count). The van der Waals surface area contributed by atoms with E-state index in [0.717, 1.165) is 32.6 Å². The van der Waals surface area contributed by atoms with E-state index >= 15 is 0 Å². The number of benzene rings is 3. The topological polar surface area (TPSA) is 85.5 Å². The molecule has 162 valence electrons. The van der Waals surface area contributed by atoms with E-state index in [9.17, 15) is 9.90 Å². The van der Waals surface area contributed by atoms with E-state index in [1.807, 2.05) is 67.6 Å². The van der Waals surface area contributed by atoms with Gasteiger partial charge in [0.15, 0.2) is 0 Å². The van der Waals surface area contributed by atoms with E-state index in [1.54, 1.807) is 6.08 Å². The number of rotatable bonds is 8. The average Bonchev–Trinajstić information content (AvgIpc) is 3.26. The van der Waals surface area contributed by atoms with E-state index in [2.05, 4.69) is 26.1 Å². The Kier molecular flexibility index (Phi) is 6.92. The third-order valence-corrected chi connectivity index (χ3v) is 6.05. The zero-order chi connectivity index (χ0) is 22.5. The van der Waals surface area contributed by atoms with Gasteiger partial charge in [-0.2, -0.15) is 0 Å². The summed E-state index contributed by atoms with van der Waals surface area (Å²) in [5.41, 5.74) is 1.68. The normalized spacial score (nSPS) is 11.6. The maximum Gasteiger partial charge on any atom is 0.342 e. The van der Waals surface area contributed by atoms with Crippen molar-refractivity contribution in [3.8, 4) is 5.75 Å². The molecular formula is C24H19BrN2O4S. The fourth-order valence-electron chi connectivity index (χ4n) is 3.07. The Morgan fingerprint density at radius 2 is 1.91 bits per heavy atom. The van der Waals surface area contributed by atoms with Crippen molar-refractivity contribution in [1.29, 1.82) is 0 Å². The van der Waals surface area contributed by atoms with E-state index in [4.69, 9.17) is 9.15 Å². The number of ether oxygens (including phenoxy) is 1. The summed E-state index contributed by atoms with van der Waals surface area (Å²) in [5.74, 6) is -0.0373. The van der Waals surface area contributed by atoms with Crippen LogP contribution in [0.5, 0.6) is 5.75 Å². The lowest BCUT2D eigenvalue weighted by molar-refractivity contribution is -0.131. The Hall–Kier alpha value is -3.10. The van der Waals surface area contributed by atoms with Gasteiger partial charge in [0.25, 0.3) is 5.22 Å². The molecule has 0 fully saturated rings. The quantitative estimate of drug-likeness (QED) is 0.218. The first kappa shape index (κ1) is 22.1. The van der Waals surface area contributed by atoms with Gasteiger partial charge >= 0.3 is 5.97 Å². The highest BCUT2D eigenvalue weighted by molar-refractivity contribution is 9.10. The van der Waals surface area contributed by atoms with Crippen LogP contribution in [-0.4, -0.2) is 21.3 Å². The summed E-state index contributed by atoms with van der Waals surface area (Å²) in [7, 11) is 0. The SMILES string of the molecule is CCc1nnc(S/C(=C\c2c(OCc3ccc(Br)cc3)ccc3ccccc23)C(=O)O)o1. The number of aromatic nitrogens is 2. The number of thioether (sulfide) groups is 1. The first-order valence-corrected chi connectivity index (χ1v) is 11.5. The van der Waals surface area contributed by atoms with Crippen LogP contribution in [0.4, 0.5) is 0 Å². The van der Waals surface area contributed by atoms with E-state index < -0.39 is 5.97 Å². The molecule has 6 nitrogen and oxygen atoms in total. The predicted molar refractivity (Wildman–Crippen MR) is 128 cm³/mol. The van der Waals surface area contributed by atoms with Crippen molar-refractivity contribution in [2.75, 3.05) is 0 Å². The van der Waals surface area contributed by atoms with Crippen molar-refractivity contribution in [2.45, 2.75) is 25.2 Å². The van der Waals surface area contributed by atoms with E-state index in [0.29, 0.717) is 30.2 Å². The number of hydrogen-bond acceptors (Lipinski definition) is 6. The number of carboxylic acid groups (broad SMARTS) is 1. The van der Waals surface area contributed by atoms with Crippen LogP contribution in [0, 0.1) is 0 Å². The number of fused-ring (bicyclic) bond motifs is 1. The Morgan fingerprint density at radius 1 is 1.12 bits per heavy atom. The average molecular weight is 511 g/mol. The monoisotopic (exact) mass is 510 g/mol. The largest absolute Gasteiger partial charge is 0.488 e. The smallest absolute Gasteiger partial charge is 0.342 e. The molecule has 1 heterocycles. The van der Waals surface area contributed by atoms with Gasteiger partial charge in [-0.05, 0) is 52.4 Å². The number of carbonyl (C=O) groups is 1. The van der Waals surface area contributed by atoms with Crippen LogP contribution in [0.2, 0.25) is 0 Å². The van der Waals surface area contributed by atoms with Crippen molar-refractivity contribution in [3.05, 3.63) is 87.1 Å². The van der Waals surface area contributed by atoms with Gasteiger partial charge in [0.1, 0.15) is 17.3 Å². The molecule has 0 radical (unpaired) electrons. The molecule has 1 aromatic heterocycles. The molecule has 32 heavy (non-hydrogen) atoms. The molecule has 0 spiro atoms. The summed E-state index contributed by atoms with van der Waals surface area (Å²) in [5, 5.41) is 19.7. The van der Waals surface area contributed by atoms with Crippen molar-refractivity contribution < 1.29 is 19.1 Å². The third-order valence-electron chi connectivity index (χ3n) is 4.67. The van der Waals surface area contributed by atoms with Gasteiger partial charge in [-0.25, -0.2) is 4.79 Å². The van der Waals surface area contributed by atoms with Crippen LogP contribution in [-0.2, 0) is 17.8 Å². The summed E-state index contributed by atoms with van der Waals surface area (Å²) in [6.07, 6.45) is 2.18. The number of aliphatic carboxylic acids is 1. The fourth-order valence-corrected chi connectivity index (χ4v) is 4.01. The van der Waals surface area contributed by atoms with Gasteiger partial charge in [-0.15, -0.1) is 10.2 Å². The van der Waals surface area contributed by atoms with Crippen molar-refractivity contribution in [1.82, 2.24) is 10.2 Å². The molecule has 0 saturated carbocycles. The van der Waals surface area contributed by atoms with Crippen molar-refractivity contribution in [3.63, 3.8) is 0 Å². The molecule has 0 atom stereocenters. The molecule has 0 amide bonds. The zero-order valence-electron chi connectivity index (χ0n) is 17.1.